The first-order valence-corrected chi connectivity index (χ1v) is 10.7. The second kappa shape index (κ2) is 12.0. The van der Waals surface area contributed by atoms with Crippen LogP contribution in [0.25, 0.3) is 0 Å². The third-order valence-electron chi connectivity index (χ3n) is 4.93. The van der Waals surface area contributed by atoms with Gasteiger partial charge in [-0.25, -0.2) is 0 Å². The second-order valence-electron chi connectivity index (χ2n) is 8.04. The zero-order valence-electron chi connectivity index (χ0n) is 19.2. The Morgan fingerprint density at radius 3 is 2.32 bits per heavy atom. The number of nitrogens with zero attached hydrogens (tertiary/aromatic N) is 1. The molecule has 2 aromatic carbocycles. The molecule has 0 aliphatic rings. The molecule has 1 N–H and O–H groups in total. The Kier molecular flexibility index (Phi) is 9.38. The number of carbonyl (C=O) groups excluding carboxylic acids is 2. The molecule has 31 heavy (non-hydrogen) atoms. The van der Waals surface area contributed by atoms with E-state index in [0.717, 1.165) is 11.1 Å². The maximum absolute atomic E-state index is 13.2. The molecular formula is C25H34N2O4. The van der Waals surface area contributed by atoms with Crippen LogP contribution in [0.15, 0.2) is 48.5 Å². The van der Waals surface area contributed by atoms with E-state index in [0.29, 0.717) is 36.9 Å². The van der Waals surface area contributed by atoms with Crippen molar-refractivity contribution in [2.45, 2.75) is 46.7 Å². The van der Waals surface area contributed by atoms with Gasteiger partial charge in [0.25, 0.3) is 5.91 Å². The maximum Gasteiger partial charge on any atom is 0.261 e. The molecule has 0 saturated heterocycles. The summed E-state index contributed by atoms with van der Waals surface area (Å²) in [6, 6.07) is 14.5. The van der Waals surface area contributed by atoms with Crippen LogP contribution >= 0.6 is 0 Å². The highest BCUT2D eigenvalue weighted by molar-refractivity contribution is 5.88. The largest absolute Gasteiger partial charge is 0.497 e. The van der Waals surface area contributed by atoms with Crippen LogP contribution in [-0.4, -0.2) is 43.0 Å². The molecule has 0 bridgehead atoms. The van der Waals surface area contributed by atoms with Crippen molar-refractivity contribution in [1.29, 1.82) is 0 Å². The summed E-state index contributed by atoms with van der Waals surface area (Å²) in [6.07, 6.45) is 0.518. The van der Waals surface area contributed by atoms with Gasteiger partial charge >= 0.3 is 0 Å². The Bertz CT molecular complexity index is 849. The van der Waals surface area contributed by atoms with E-state index in [9.17, 15) is 9.59 Å². The Morgan fingerprint density at radius 1 is 1.06 bits per heavy atom. The molecule has 0 radical (unpaired) electrons. The summed E-state index contributed by atoms with van der Waals surface area (Å²) >= 11 is 0. The van der Waals surface area contributed by atoms with Gasteiger partial charge in [-0.05, 0) is 49.1 Å². The van der Waals surface area contributed by atoms with Gasteiger partial charge in [-0.15, -0.1) is 0 Å². The molecule has 2 rings (SSSR count). The predicted octanol–water partition coefficient (Wildman–Crippen LogP) is 3.96. The molecule has 1 unspecified atom stereocenters. The first-order valence-electron chi connectivity index (χ1n) is 10.7. The monoisotopic (exact) mass is 426 g/mol. The van der Waals surface area contributed by atoms with E-state index in [2.05, 4.69) is 5.32 Å². The van der Waals surface area contributed by atoms with Crippen LogP contribution in [0.1, 0.15) is 38.3 Å². The molecule has 0 saturated carbocycles. The minimum atomic E-state index is -0.564. The van der Waals surface area contributed by atoms with Crippen molar-refractivity contribution in [1.82, 2.24) is 10.2 Å². The smallest absolute Gasteiger partial charge is 0.261 e. The van der Waals surface area contributed by atoms with Gasteiger partial charge in [0.1, 0.15) is 17.5 Å². The number of ether oxygens (including phenoxy) is 2. The van der Waals surface area contributed by atoms with Crippen molar-refractivity contribution >= 4 is 11.8 Å². The Balaban J connectivity index is 2.17. The average molecular weight is 427 g/mol. The normalized spacial score (nSPS) is 11.7. The molecule has 0 aromatic heterocycles. The molecular weight excluding hydrogens is 392 g/mol. The molecule has 6 nitrogen and oxygen atoms in total. The topological polar surface area (TPSA) is 67.9 Å². The third-order valence-corrected chi connectivity index (χ3v) is 4.93. The SMILES string of the molecule is CCC(C(=O)NCC(C)C)N(Cc1cccc(C)c1)C(=O)COc1ccc(OC)cc1. The van der Waals surface area contributed by atoms with Gasteiger partial charge < -0.3 is 19.7 Å². The number of hydrogen-bond acceptors (Lipinski definition) is 4. The highest BCUT2D eigenvalue weighted by Crippen LogP contribution is 2.18. The fraction of sp³-hybridized carbons (Fsp3) is 0.440. The van der Waals surface area contributed by atoms with Crippen LogP contribution in [-0.2, 0) is 16.1 Å². The summed E-state index contributed by atoms with van der Waals surface area (Å²) in [6.45, 7) is 8.78. The number of aryl methyl sites for hydroxylation is 1. The summed E-state index contributed by atoms with van der Waals surface area (Å²) in [5.74, 6) is 1.25. The predicted molar refractivity (Wildman–Crippen MR) is 122 cm³/mol. The van der Waals surface area contributed by atoms with Crippen molar-refractivity contribution in [2.24, 2.45) is 5.92 Å². The third kappa shape index (κ3) is 7.63. The quantitative estimate of drug-likeness (QED) is 0.591. The fourth-order valence-corrected chi connectivity index (χ4v) is 3.25. The minimum Gasteiger partial charge on any atom is -0.497 e. The summed E-state index contributed by atoms with van der Waals surface area (Å²) < 4.78 is 10.8. The van der Waals surface area contributed by atoms with Crippen LogP contribution in [0.3, 0.4) is 0 Å². The number of rotatable bonds is 11. The number of nitrogens with one attached hydrogen (secondary N) is 1. The zero-order chi connectivity index (χ0) is 22.8. The van der Waals surface area contributed by atoms with E-state index in [1.54, 1.807) is 36.3 Å². The van der Waals surface area contributed by atoms with Crippen molar-refractivity contribution in [3.8, 4) is 11.5 Å². The molecule has 6 heteroatoms. The molecule has 0 aliphatic carbocycles. The highest BCUT2D eigenvalue weighted by atomic mass is 16.5. The van der Waals surface area contributed by atoms with E-state index in [4.69, 9.17) is 9.47 Å². The first-order chi connectivity index (χ1) is 14.8. The van der Waals surface area contributed by atoms with Crippen LogP contribution < -0.4 is 14.8 Å². The van der Waals surface area contributed by atoms with E-state index in [1.165, 1.54) is 0 Å². The summed E-state index contributed by atoms with van der Waals surface area (Å²) in [5.41, 5.74) is 2.09. The van der Waals surface area contributed by atoms with E-state index in [1.807, 2.05) is 52.0 Å². The number of carbonyl (C=O) groups is 2. The van der Waals surface area contributed by atoms with Gasteiger partial charge in [0.15, 0.2) is 6.61 Å². The van der Waals surface area contributed by atoms with Crippen LogP contribution in [0.5, 0.6) is 11.5 Å². The molecule has 0 spiro atoms. The fourth-order valence-electron chi connectivity index (χ4n) is 3.25. The van der Waals surface area contributed by atoms with Gasteiger partial charge in [-0.2, -0.15) is 0 Å². The number of methoxy groups -OCH3 is 1. The molecule has 0 aliphatic heterocycles. The van der Waals surface area contributed by atoms with E-state index < -0.39 is 6.04 Å². The summed E-state index contributed by atoms with van der Waals surface area (Å²) in [5, 5.41) is 2.96. The molecule has 168 valence electrons. The average Bonchev–Trinajstić information content (AvgIpc) is 2.76. The van der Waals surface area contributed by atoms with Crippen LogP contribution in [0.2, 0.25) is 0 Å². The van der Waals surface area contributed by atoms with Crippen molar-refractivity contribution in [3.05, 3.63) is 59.7 Å². The number of benzene rings is 2. The number of amides is 2. The van der Waals surface area contributed by atoms with Gasteiger partial charge in [-0.3, -0.25) is 9.59 Å². The molecule has 0 fully saturated rings. The van der Waals surface area contributed by atoms with Gasteiger partial charge in [0.2, 0.25) is 5.91 Å². The Labute approximate surface area is 185 Å². The maximum atomic E-state index is 13.2. The van der Waals surface area contributed by atoms with Gasteiger partial charge in [0.05, 0.1) is 7.11 Å². The number of hydrogen-bond donors (Lipinski definition) is 1. The summed E-state index contributed by atoms with van der Waals surface area (Å²) in [4.78, 5) is 27.7. The lowest BCUT2D eigenvalue weighted by atomic mass is 10.1. The van der Waals surface area contributed by atoms with Crippen molar-refractivity contribution < 1.29 is 19.1 Å². The van der Waals surface area contributed by atoms with Gasteiger partial charge in [-0.1, -0.05) is 50.6 Å². The Hall–Kier alpha value is -3.02. The molecule has 1 atom stereocenters. The second-order valence-corrected chi connectivity index (χ2v) is 8.04. The lowest BCUT2D eigenvalue weighted by molar-refractivity contribution is -0.143. The van der Waals surface area contributed by atoms with Crippen molar-refractivity contribution in [2.75, 3.05) is 20.3 Å². The zero-order valence-corrected chi connectivity index (χ0v) is 19.2. The van der Waals surface area contributed by atoms with E-state index >= 15 is 0 Å². The Morgan fingerprint density at radius 2 is 1.74 bits per heavy atom. The minimum absolute atomic E-state index is 0.137. The lowest BCUT2D eigenvalue weighted by Gasteiger charge is -2.31. The molecule has 2 amide bonds. The summed E-state index contributed by atoms with van der Waals surface area (Å²) in [7, 11) is 1.60. The van der Waals surface area contributed by atoms with E-state index in [-0.39, 0.29) is 18.4 Å². The molecule has 2 aromatic rings. The molecule has 0 heterocycles. The van der Waals surface area contributed by atoms with Crippen molar-refractivity contribution in [3.63, 3.8) is 0 Å². The van der Waals surface area contributed by atoms with Gasteiger partial charge in [0, 0.05) is 13.1 Å². The van der Waals surface area contributed by atoms with Crippen LogP contribution in [0.4, 0.5) is 0 Å². The first kappa shape index (κ1) is 24.3. The highest BCUT2D eigenvalue weighted by Gasteiger charge is 2.29. The van der Waals surface area contributed by atoms with Crippen LogP contribution in [0, 0.1) is 12.8 Å². The lowest BCUT2D eigenvalue weighted by Crippen LogP contribution is -2.50. The standard InChI is InChI=1S/C25H34N2O4/c1-6-23(25(29)26-15-18(2)3)27(16-20-9-7-8-19(4)14-20)24(28)17-31-22-12-10-21(30-5)11-13-22/h7-14,18,23H,6,15-17H2,1-5H3,(H,26,29).